The van der Waals surface area contributed by atoms with Gasteiger partial charge in [-0.15, -0.1) is 0 Å². The van der Waals surface area contributed by atoms with Crippen LogP contribution in [0.3, 0.4) is 0 Å². The maximum atomic E-state index is 12.1. The Labute approximate surface area is 121 Å². The number of hydrogen-bond donors (Lipinski definition) is 1. The minimum Gasteiger partial charge on any atom is -0.507 e. The lowest BCUT2D eigenvalue weighted by Gasteiger charge is -2.11. The van der Waals surface area contributed by atoms with Crippen LogP contribution in [-0.2, 0) is 0 Å². The molecule has 0 aliphatic carbocycles. The molecule has 4 nitrogen and oxygen atoms in total. The van der Waals surface area contributed by atoms with Gasteiger partial charge in [0, 0.05) is 23.9 Å². The molecule has 0 fully saturated rings. The molecule has 1 N–H and O–H groups in total. The number of methoxy groups -OCH3 is 2. The summed E-state index contributed by atoms with van der Waals surface area (Å²) < 4.78 is 10.2. The van der Waals surface area contributed by atoms with Crippen molar-refractivity contribution in [2.75, 3.05) is 19.5 Å². The highest BCUT2D eigenvalue weighted by atomic mass is 79.9. The Morgan fingerprint density at radius 2 is 1.95 bits per heavy atom. The number of ether oxygens (including phenoxy) is 2. The first-order chi connectivity index (χ1) is 9.13. The summed E-state index contributed by atoms with van der Waals surface area (Å²) in [6.07, 6.45) is 3.23. The van der Waals surface area contributed by atoms with E-state index in [1.165, 1.54) is 20.3 Å². The topological polar surface area (TPSA) is 55.8 Å². The fourth-order valence-corrected chi connectivity index (χ4v) is 2.21. The Morgan fingerprint density at radius 1 is 1.21 bits per heavy atom. The molecule has 0 atom stereocenters. The van der Waals surface area contributed by atoms with Crippen LogP contribution in [0, 0.1) is 0 Å². The molecule has 0 saturated heterocycles. The number of unbranched alkanes of at least 4 members (excludes halogenated alkanes) is 2. The van der Waals surface area contributed by atoms with E-state index in [-0.39, 0.29) is 17.1 Å². The van der Waals surface area contributed by atoms with Crippen molar-refractivity contribution in [2.45, 2.75) is 25.7 Å². The lowest BCUT2D eigenvalue weighted by molar-refractivity contribution is 0.0973. The van der Waals surface area contributed by atoms with Crippen molar-refractivity contribution >= 4 is 21.7 Å². The Hall–Kier alpha value is -1.23. The molecule has 0 amide bonds. The largest absolute Gasteiger partial charge is 0.507 e. The molecule has 0 aromatic heterocycles. The molecule has 106 valence electrons. The van der Waals surface area contributed by atoms with E-state index in [4.69, 9.17) is 9.47 Å². The van der Waals surface area contributed by atoms with Crippen LogP contribution in [0.4, 0.5) is 0 Å². The fourth-order valence-electron chi connectivity index (χ4n) is 1.82. The maximum absolute atomic E-state index is 12.1. The Morgan fingerprint density at radius 3 is 2.53 bits per heavy atom. The molecular formula is C14H19BrO4. The molecule has 19 heavy (non-hydrogen) atoms. The van der Waals surface area contributed by atoms with Crippen molar-refractivity contribution in [2.24, 2.45) is 0 Å². The summed E-state index contributed by atoms with van der Waals surface area (Å²) in [4.78, 5) is 12.1. The molecule has 0 saturated carbocycles. The number of alkyl halides is 1. The third kappa shape index (κ3) is 4.42. The molecule has 0 radical (unpaired) electrons. The standard InChI is InChI=1S/C14H19BrO4/c1-18-10-8-12(17)14(13(9-10)19-2)11(16)6-4-3-5-7-15/h8-9,17H,3-7H2,1-2H3. The predicted molar refractivity (Wildman–Crippen MR) is 77.8 cm³/mol. The number of phenols is 1. The van der Waals surface area contributed by atoms with Gasteiger partial charge in [-0.1, -0.05) is 22.4 Å². The van der Waals surface area contributed by atoms with E-state index >= 15 is 0 Å². The number of hydrogen-bond acceptors (Lipinski definition) is 4. The number of Topliss-reactive ketones (excluding diaryl/α,β-unsaturated/α-hetero) is 1. The Balaban J connectivity index is 2.83. The first kappa shape index (κ1) is 15.8. The summed E-state index contributed by atoms with van der Waals surface area (Å²) in [5.41, 5.74) is 0.238. The normalized spacial score (nSPS) is 10.3. The first-order valence-electron chi connectivity index (χ1n) is 6.18. The number of carbonyl (C=O) groups excluding carboxylic acids is 1. The second-order valence-corrected chi connectivity index (χ2v) is 4.94. The van der Waals surface area contributed by atoms with E-state index in [9.17, 15) is 9.90 Å². The van der Waals surface area contributed by atoms with Crippen molar-refractivity contribution in [3.63, 3.8) is 0 Å². The quantitative estimate of drug-likeness (QED) is 0.450. The third-order valence-corrected chi connectivity index (χ3v) is 3.39. The minimum atomic E-state index is -0.105. The highest BCUT2D eigenvalue weighted by molar-refractivity contribution is 9.09. The Kier molecular flexibility index (Phi) is 6.70. The van der Waals surface area contributed by atoms with Gasteiger partial charge in [-0.2, -0.15) is 0 Å². The number of benzene rings is 1. The second kappa shape index (κ2) is 8.04. The van der Waals surface area contributed by atoms with Gasteiger partial charge in [0.05, 0.1) is 14.2 Å². The van der Waals surface area contributed by atoms with Crippen molar-refractivity contribution in [1.82, 2.24) is 0 Å². The van der Waals surface area contributed by atoms with Crippen molar-refractivity contribution in [3.8, 4) is 17.2 Å². The van der Waals surface area contributed by atoms with E-state index in [0.29, 0.717) is 17.9 Å². The van der Waals surface area contributed by atoms with Gasteiger partial charge in [-0.05, 0) is 12.8 Å². The average Bonchev–Trinajstić information content (AvgIpc) is 2.42. The number of carbonyl (C=O) groups is 1. The van der Waals surface area contributed by atoms with Gasteiger partial charge in [-0.3, -0.25) is 4.79 Å². The van der Waals surface area contributed by atoms with Gasteiger partial charge < -0.3 is 14.6 Å². The van der Waals surface area contributed by atoms with Crippen LogP contribution in [0.2, 0.25) is 0 Å². The molecular weight excluding hydrogens is 312 g/mol. The number of phenolic OH excluding ortho intramolecular Hbond substituents is 1. The third-order valence-electron chi connectivity index (χ3n) is 2.83. The lowest BCUT2D eigenvalue weighted by Crippen LogP contribution is -2.03. The van der Waals surface area contributed by atoms with E-state index in [2.05, 4.69) is 15.9 Å². The molecule has 0 aliphatic heterocycles. The first-order valence-corrected chi connectivity index (χ1v) is 7.30. The van der Waals surface area contributed by atoms with Gasteiger partial charge >= 0.3 is 0 Å². The van der Waals surface area contributed by atoms with Gasteiger partial charge in [0.2, 0.25) is 0 Å². The van der Waals surface area contributed by atoms with E-state index in [0.717, 1.165) is 24.6 Å². The molecule has 0 spiro atoms. The lowest BCUT2D eigenvalue weighted by atomic mass is 10.0. The van der Waals surface area contributed by atoms with Crippen molar-refractivity contribution in [3.05, 3.63) is 17.7 Å². The summed E-state index contributed by atoms with van der Waals surface area (Å²) in [5.74, 6) is 0.612. The van der Waals surface area contributed by atoms with Crippen LogP contribution < -0.4 is 9.47 Å². The van der Waals surface area contributed by atoms with Crippen LogP contribution in [0.1, 0.15) is 36.0 Å². The highest BCUT2D eigenvalue weighted by Crippen LogP contribution is 2.34. The van der Waals surface area contributed by atoms with Crippen LogP contribution in [0.15, 0.2) is 12.1 Å². The maximum Gasteiger partial charge on any atom is 0.170 e. The molecule has 1 rings (SSSR count). The SMILES string of the molecule is COc1cc(O)c(C(=O)CCCCCBr)c(OC)c1. The summed E-state index contributed by atoms with van der Waals surface area (Å²) in [7, 11) is 2.96. The molecule has 0 unspecified atom stereocenters. The molecule has 0 heterocycles. The minimum absolute atomic E-state index is 0.0957. The smallest absolute Gasteiger partial charge is 0.170 e. The van der Waals surface area contributed by atoms with Crippen LogP contribution >= 0.6 is 15.9 Å². The van der Waals surface area contributed by atoms with E-state index in [1.54, 1.807) is 6.07 Å². The molecule has 1 aromatic rings. The van der Waals surface area contributed by atoms with Gasteiger partial charge in [0.1, 0.15) is 22.8 Å². The molecule has 0 aliphatic rings. The zero-order chi connectivity index (χ0) is 14.3. The predicted octanol–water partition coefficient (Wildman–Crippen LogP) is 3.55. The molecule has 1 aromatic carbocycles. The summed E-state index contributed by atoms with van der Waals surface area (Å²) in [6.45, 7) is 0. The van der Waals surface area contributed by atoms with E-state index < -0.39 is 0 Å². The number of ketones is 1. The summed E-state index contributed by atoms with van der Waals surface area (Å²) in [5, 5.41) is 10.9. The zero-order valence-corrected chi connectivity index (χ0v) is 12.8. The zero-order valence-electron chi connectivity index (χ0n) is 11.2. The average molecular weight is 331 g/mol. The van der Waals surface area contributed by atoms with E-state index in [1.807, 2.05) is 0 Å². The summed E-state index contributed by atoms with van der Waals surface area (Å²) >= 11 is 3.35. The number of aromatic hydroxyl groups is 1. The Bertz CT molecular complexity index is 432. The second-order valence-electron chi connectivity index (χ2n) is 4.15. The van der Waals surface area contributed by atoms with Gasteiger partial charge in [-0.25, -0.2) is 0 Å². The highest BCUT2D eigenvalue weighted by Gasteiger charge is 2.18. The fraction of sp³-hybridized carbons (Fsp3) is 0.500. The van der Waals surface area contributed by atoms with Crippen LogP contribution in [0.5, 0.6) is 17.2 Å². The summed E-state index contributed by atoms with van der Waals surface area (Å²) in [6, 6.07) is 3.03. The molecule has 0 bridgehead atoms. The molecule has 5 heteroatoms. The van der Waals surface area contributed by atoms with Crippen LogP contribution in [0.25, 0.3) is 0 Å². The monoisotopic (exact) mass is 330 g/mol. The van der Waals surface area contributed by atoms with Gasteiger partial charge in [0.25, 0.3) is 0 Å². The van der Waals surface area contributed by atoms with Crippen LogP contribution in [-0.4, -0.2) is 30.4 Å². The number of rotatable bonds is 8. The van der Waals surface area contributed by atoms with Crippen molar-refractivity contribution in [1.29, 1.82) is 0 Å². The number of halogens is 1. The van der Waals surface area contributed by atoms with Crippen molar-refractivity contribution < 1.29 is 19.4 Å². The van der Waals surface area contributed by atoms with Gasteiger partial charge in [0.15, 0.2) is 5.78 Å².